The van der Waals surface area contributed by atoms with Crippen LogP contribution in [-0.2, 0) is 19.1 Å². The SMILES string of the molecule is COCC(C)OCCC(=O)ONN. The minimum absolute atomic E-state index is 0.0244. The van der Waals surface area contributed by atoms with Gasteiger partial charge in [-0.25, -0.2) is 5.84 Å². The van der Waals surface area contributed by atoms with Crippen molar-refractivity contribution in [1.82, 2.24) is 5.59 Å². The second-order valence-electron chi connectivity index (χ2n) is 2.48. The van der Waals surface area contributed by atoms with E-state index in [4.69, 9.17) is 15.3 Å². The number of nitrogens with one attached hydrogen (secondary N) is 1. The van der Waals surface area contributed by atoms with E-state index in [0.29, 0.717) is 13.2 Å². The summed E-state index contributed by atoms with van der Waals surface area (Å²) in [6.07, 6.45) is 0.141. The van der Waals surface area contributed by atoms with Crippen LogP contribution < -0.4 is 11.4 Å². The van der Waals surface area contributed by atoms with Gasteiger partial charge in [-0.05, 0) is 6.92 Å². The number of hydrogen-bond acceptors (Lipinski definition) is 6. The molecule has 0 fully saturated rings. The van der Waals surface area contributed by atoms with Crippen molar-refractivity contribution in [1.29, 1.82) is 0 Å². The Balaban J connectivity index is 3.28. The predicted molar refractivity (Wildman–Crippen MR) is 45.3 cm³/mol. The Labute approximate surface area is 77.2 Å². The highest BCUT2D eigenvalue weighted by Crippen LogP contribution is 1.93. The highest BCUT2D eigenvalue weighted by Gasteiger charge is 2.05. The maximum absolute atomic E-state index is 10.7. The third-order valence-corrected chi connectivity index (χ3v) is 1.28. The first kappa shape index (κ1) is 12.3. The summed E-state index contributed by atoms with van der Waals surface area (Å²) >= 11 is 0. The minimum Gasteiger partial charge on any atom is -0.382 e. The van der Waals surface area contributed by atoms with E-state index >= 15 is 0 Å². The zero-order valence-corrected chi connectivity index (χ0v) is 7.91. The Kier molecular flexibility index (Phi) is 7.51. The van der Waals surface area contributed by atoms with E-state index in [2.05, 4.69) is 4.84 Å². The van der Waals surface area contributed by atoms with E-state index in [1.807, 2.05) is 6.92 Å². The maximum atomic E-state index is 10.7. The molecule has 6 heteroatoms. The first-order valence-electron chi connectivity index (χ1n) is 3.96. The van der Waals surface area contributed by atoms with E-state index in [0.717, 1.165) is 0 Å². The fourth-order valence-corrected chi connectivity index (χ4v) is 0.743. The van der Waals surface area contributed by atoms with Crippen LogP contribution >= 0.6 is 0 Å². The number of hydrazine groups is 1. The topological polar surface area (TPSA) is 82.8 Å². The van der Waals surface area contributed by atoms with Gasteiger partial charge in [-0.15, -0.1) is 0 Å². The molecule has 0 radical (unpaired) electrons. The van der Waals surface area contributed by atoms with Gasteiger partial charge in [0.05, 0.1) is 25.7 Å². The van der Waals surface area contributed by atoms with Gasteiger partial charge >= 0.3 is 5.97 Å². The molecule has 0 aliphatic rings. The molecule has 0 bridgehead atoms. The van der Waals surface area contributed by atoms with Crippen LogP contribution in [0.1, 0.15) is 13.3 Å². The number of rotatable bonds is 7. The molecule has 1 atom stereocenters. The molecule has 13 heavy (non-hydrogen) atoms. The van der Waals surface area contributed by atoms with Crippen molar-refractivity contribution in [3.63, 3.8) is 0 Å². The highest BCUT2D eigenvalue weighted by molar-refractivity contribution is 5.69. The molecule has 0 aliphatic heterocycles. The summed E-state index contributed by atoms with van der Waals surface area (Å²) < 4.78 is 10.0. The zero-order valence-electron chi connectivity index (χ0n) is 7.91. The summed E-state index contributed by atoms with van der Waals surface area (Å²) in [6, 6.07) is 0. The molecule has 0 aromatic heterocycles. The van der Waals surface area contributed by atoms with Crippen molar-refractivity contribution in [3.05, 3.63) is 0 Å². The molecule has 0 spiro atoms. The fourth-order valence-electron chi connectivity index (χ4n) is 0.743. The molecule has 0 rings (SSSR count). The van der Waals surface area contributed by atoms with Gasteiger partial charge in [-0.2, -0.15) is 0 Å². The summed E-state index contributed by atoms with van der Waals surface area (Å²) in [5, 5.41) is 0. The van der Waals surface area contributed by atoms with Gasteiger partial charge in [0.1, 0.15) is 0 Å². The van der Waals surface area contributed by atoms with Gasteiger partial charge in [0, 0.05) is 7.11 Å². The van der Waals surface area contributed by atoms with Crippen LogP contribution in [0, 0.1) is 0 Å². The first-order valence-corrected chi connectivity index (χ1v) is 3.96. The quantitative estimate of drug-likeness (QED) is 0.412. The number of carbonyl (C=O) groups excluding carboxylic acids is 1. The minimum atomic E-state index is -0.452. The molecule has 0 saturated carbocycles. The Bertz CT molecular complexity index is 142. The van der Waals surface area contributed by atoms with Crippen LogP contribution in [0.25, 0.3) is 0 Å². The zero-order chi connectivity index (χ0) is 10.1. The lowest BCUT2D eigenvalue weighted by Gasteiger charge is -2.10. The third-order valence-electron chi connectivity index (χ3n) is 1.28. The average molecular weight is 192 g/mol. The lowest BCUT2D eigenvalue weighted by Crippen LogP contribution is -2.27. The van der Waals surface area contributed by atoms with Crippen LogP contribution in [0.2, 0.25) is 0 Å². The van der Waals surface area contributed by atoms with E-state index in [9.17, 15) is 4.79 Å². The van der Waals surface area contributed by atoms with Crippen molar-refractivity contribution in [2.75, 3.05) is 20.3 Å². The molecule has 6 nitrogen and oxygen atoms in total. The summed E-state index contributed by atoms with van der Waals surface area (Å²) in [5.74, 6) is 4.30. The third kappa shape index (κ3) is 7.66. The van der Waals surface area contributed by atoms with Crippen molar-refractivity contribution < 1.29 is 19.1 Å². The second kappa shape index (κ2) is 7.93. The number of ether oxygens (including phenoxy) is 2. The standard InChI is InChI=1S/C7H16N2O4/c1-6(5-11-2)12-4-3-7(10)13-9-8/h6,9H,3-5,8H2,1-2H3. The monoisotopic (exact) mass is 192 g/mol. The summed E-state index contributed by atoms with van der Waals surface area (Å²) in [7, 11) is 1.59. The molecule has 0 amide bonds. The number of hydrogen-bond donors (Lipinski definition) is 2. The summed E-state index contributed by atoms with van der Waals surface area (Å²) in [6.45, 7) is 2.66. The number of methoxy groups -OCH3 is 1. The lowest BCUT2D eigenvalue weighted by atomic mass is 10.4. The lowest BCUT2D eigenvalue weighted by molar-refractivity contribution is -0.153. The van der Waals surface area contributed by atoms with Gasteiger partial charge in [0.2, 0.25) is 0 Å². The Morgan fingerprint density at radius 2 is 2.31 bits per heavy atom. The van der Waals surface area contributed by atoms with Crippen LogP contribution in [0.4, 0.5) is 0 Å². The molecule has 0 saturated heterocycles. The van der Waals surface area contributed by atoms with Crippen LogP contribution in [0.5, 0.6) is 0 Å². The number of nitrogens with two attached hydrogens (primary N) is 1. The largest absolute Gasteiger partial charge is 0.382 e. The first-order chi connectivity index (χ1) is 6.20. The maximum Gasteiger partial charge on any atom is 0.328 e. The van der Waals surface area contributed by atoms with Crippen molar-refractivity contribution in [2.24, 2.45) is 5.84 Å². The summed E-state index contributed by atoms with van der Waals surface area (Å²) in [5.41, 5.74) is 1.80. The van der Waals surface area contributed by atoms with Crippen molar-refractivity contribution in [2.45, 2.75) is 19.4 Å². The van der Waals surface area contributed by atoms with E-state index < -0.39 is 5.97 Å². The van der Waals surface area contributed by atoms with E-state index in [-0.39, 0.29) is 12.5 Å². The Hall–Kier alpha value is -0.690. The molecular formula is C7H16N2O4. The summed E-state index contributed by atoms with van der Waals surface area (Å²) in [4.78, 5) is 15.0. The number of carbonyl (C=O) groups is 1. The molecule has 0 aromatic rings. The van der Waals surface area contributed by atoms with E-state index in [1.165, 1.54) is 0 Å². The second-order valence-corrected chi connectivity index (χ2v) is 2.48. The Morgan fingerprint density at radius 3 is 2.85 bits per heavy atom. The van der Waals surface area contributed by atoms with Gasteiger partial charge in [0.15, 0.2) is 0 Å². The average Bonchev–Trinajstić information content (AvgIpc) is 2.05. The van der Waals surface area contributed by atoms with Crippen molar-refractivity contribution >= 4 is 5.97 Å². The molecule has 3 N–H and O–H groups in total. The fraction of sp³-hybridized carbons (Fsp3) is 0.857. The molecular weight excluding hydrogens is 176 g/mol. The smallest absolute Gasteiger partial charge is 0.328 e. The molecule has 78 valence electrons. The molecule has 0 aliphatic carbocycles. The van der Waals surface area contributed by atoms with Crippen molar-refractivity contribution in [3.8, 4) is 0 Å². The molecule has 1 unspecified atom stereocenters. The van der Waals surface area contributed by atoms with Gasteiger partial charge in [0.25, 0.3) is 0 Å². The normalized spacial score (nSPS) is 12.5. The van der Waals surface area contributed by atoms with E-state index in [1.54, 1.807) is 12.7 Å². The van der Waals surface area contributed by atoms with Crippen LogP contribution in [0.3, 0.4) is 0 Å². The Morgan fingerprint density at radius 1 is 1.62 bits per heavy atom. The highest BCUT2D eigenvalue weighted by atomic mass is 16.7. The predicted octanol–water partition coefficient (Wildman–Crippen LogP) is -0.650. The molecule has 0 heterocycles. The molecule has 0 aromatic carbocycles. The van der Waals surface area contributed by atoms with Crippen LogP contribution in [0.15, 0.2) is 0 Å². The van der Waals surface area contributed by atoms with Gasteiger partial charge < -0.3 is 14.3 Å². The van der Waals surface area contributed by atoms with Crippen LogP contribution in [-0.4, -0.2) is 32.4 Å². The van der Waals surface area contributed by atoms with Gasteiger partial charge in [-0.1, -0.05) is 5.59 Å². The van der Waals surface area contributed by atoms with Gasteiger partial charge in [-0.3, -0.25) is 4.79 Å².